The second-order valence-corrected chi connectivity index (χ2v) is 6.87. The molecule has 3 heterocycles. The number of allylic oxidation sites excluding steroid dienone is 1. The second-order valence-electron chi connectivity index (χ2n) is 6.87. The molecule has 0 saturated heterocycles. The van der Waals surface area contributed by atoms with Crippen LogP contribution >= 0.6 is 0 Å². The van der Waals surface area contributed by atoms with Gasteiger partial charge in [0, 0.05) is 36.8 Å². The standard InChI is InChI=1S/C18H20N6/c1-2-12(3-1)11-24-16-5-4-14(8-13(16)9-22-24)23-18-17-15(10-21-18)19-6-7-20-17/h4-9,12-13,16H,1-3,10-11H2,(H,21,23). The van der Waals surface area contributed by atoms with E-state index >= 15 is 0 Å². The zero-order chi connectivity index (χ0) is 15.9. The Morgan fingerprint density at radius 2 is 2.12 bits per heavy atom. The van der Waals surface area contributed by atoms with Crippen molar-refractivity contribution in [2.75, 3.05) is 6.54 Å². The van der Waals surface area contributed by atoms with Crippen LogP contribution < -0.4 is 5.32 Å². The molecule has 0 aromatic carbocycles. The molecule has 1 aromatic heterocycles. The highest BCUT2D eigenvalue weighted by Crippen LogP contribution is 2.32. The first kappa shape index (κ1) is 13.9. The number of nitrogens with zero attached hydrogens (tertiary/aromatic N) is 5. The van der Waals surface area contributed by atoms with E-state index < -0.39 is 0 Å². The van der Waals surface area contributed by atoms with Gasteiger partial charge in [-0.25, -0.2) is 4.98 Å². The van der Waals surface area contributed by atoms with Crippen LogP contribution in [0.15, 0.2) is 46.4 Å². The summed E-state index contributed by atoms with van der Waals surface area (Å²) >= 11 is 0. The Labute approximate surface area is 141 Å². The highest BCUT2D eigenvalue weighted by Gasteiger charge is 2.32. The SMILES string of the molecule is C1=CC2C(C=NN2CC2CCC2)C=C1NC1=NCc2nccnc21. The Bertz CT molecular complexity index is 773. The van der Waals surface area contributed by atoms with Crippen molar-refractivity contribution in [1.82, 2.24) is 20.3 Å². The van der Waals surface area contributed by atoms with E-state index in [2.05, 4.69) is 54.8 Å². The fourth-order valence-corrected chi connectivity index (χ4v) is 3.70. The van der Waals surface area contributed by atoms with Gasteiger partial charge in [0.2, 0.25) is 0 Å². The molecule has 2 unspecified atom stereocenters. The van der Waals surface area contributed by atoms with Gasteiger partial charge < -0.3 is 5.32 Å². The summed E-state index contributed by atoms with van der Waals surface area (Å²) in [6, 6.07) is 0.369. The lowest BCUT2D eigenvalue weighted by molar-refractivity contribution is 0.163. The van der Waals surface area contributed by atoms with E-state index in [1.54, 1.807) is 12.4 Å². The Morgan fingerprint density at radius 1 is 1.21 bits per heavy atom. The third kappa shape index (κ3) is 2.33. The maximum Gasteiger partial charge on any atom is 0.154 e. The van der Waals surface area contributed by atoms with Gasteiger partial charge in [0.25, 0.3) is 0 Å². The zero-order valence-corrected chi connectivity index (χ0v) is 13.5. The average molecular weight is 320 g/mol. The average Bonchev–Trinajstić information content (AvgIpc) is 3.15. The van der Waals surface area contributed by atoms with Crippen LogP contribution in [0.4, 0.5) is 0 Å². The number of hydrazone groups is 1. The molecule has 6 heteroatoms. The van der Waals surface area contributed by atoms with E-state index in [1.165, 1.54) is 19.3 Å². The van der Waals surface area contributed by atoms with E-state index in [9.17, 15) is 0 Å². The smallest absolute Gasteiger partial charge is 0.154 e. The molecule has 0 radical (unpaired) electrons. The lowest BCUT2D eigenvalue weighted by Gasteiger charge is -2.33. The Morgan fingerprint density at radius 3 is 3.00 bits per heavy atom. The molecule has 24 heavy (non-hydrogen) atoms. The molecular weight excluding hydrogens is 300 g/mol. The summed E-state index contributed by atoms with van der Waals surface area (Å²) in [5, 5.41) is 10.3. The van der Waals surface area contributed by atoms with E-state index in [1.807, 2.05) is 0 Å². The first-order valence-corrected chi connectivity index (χ1v) is 8.69. The normalized spacial score (nSPS) is 27.4. The third-order valence-corrected chi connectivity index (χ3v) is 5.29. The van der Waals surface area contributed by atoms with Crippen molar-refractivity contribution in [3.8, 4) is 0 Å². The first-order chi connectivity index (χ1) is 11.9. The van der Waals surface area contributed by atoms with Gasteiger partial charge in [-0.2, -0.15) is 5.10 Å². The third-order valence-electron chi connectivity index (χ3n) is 5.29. The lowest BCUT2D eigenvalue weighted by atomic mass is 9.84. The van der Waals surface area contributed by atoms with E-state index in [4.69, 9.17) is 0 Å². The highest BCUT2D eigenvalue weighted by atomic mass is 15.5. The molecule has 1 N–H and O–H groups in total. The van der Waals surface area contributed by atoms with Crippen LogP contribution in [0.5, 0.6) is 0 Å². The highest BCUT2D eigenvalue weighted by molar-refractivity contribution is 6.01. The van der Waals surface area contributed by atoms with Crippen molar-refractivity contribution in [2.45, 2.75) is 31.8 Å². The van der Waals surface area contributed by atoms with Crippen molar-refractivity contribution < 1.29 is 0 Å². The Kier molecular flexibility index (Phi) is 3.21. The monoisotopic (exact) mass is 320 g/mol. The Hall–Kier alpha value is -2.50. The fourth-order valence-electron chi connectivity index (χ4n) is 3.70. The van der Waals surface area contributed by atoms with Crippen molar-refractivity contribution in [2.24, 2.45) is 21.9 Å². The molecule has 1 aromatic rings. The predicted molar refractivity (Wildman–Crippen MR) is 92.4 cm³/mol. The molecule has 2 aliphatic heterocycles. The summed E-state index contributed by atoms with van der Waals surface area (Å²) in [6.45, 7) is 1.69. The molecule has 0 amide bonds. The minimum absolute atomic E-state index is 0.334. The van der Waals surface area contributed by atoms with Gasteiger partial charge in [0.15, 0.2) is 5.84 Å². The van der Waals surface area contributed by atoms with Gasteiger partial charge in [-0.15, -0.1) is 0 Å². The van der Waals surface area contributed by atoms with E-state index in [-0.39, 0.29) is 0 Å². The molecule has 6 nitrogen and oxygen atoms in total. The van der Waals surface area contributed by atoms with Gasteiger partial charge in [0.1, 0.15) is 5.69 Å². The lowest BCUT2D eigenvalue weighted by Crippen LogP contribution is -2.37. The van der Waals surface area contributed by atoms with Crippen LogP contribution in [0.2, 0.25) is 0 Å². The number of aromatic nitrogens is 2. The van der Waals surface area contributed by atoms with Gasteiger partial charge >= 0.3 is 0 Å². The molecule has 4 aliphatic rings. The van der Waals surface area contributed by atoms with Crippen LogP contribution in [0.1, 0.15) is 30.7 Å². The largest absolute Gasteiger partial charge is 0.339 e. The minimum atomic E-state index is 0.334. The summed E-state index contributed by atoms with van der Waals surface area (Å²) in [5.41, 5.74) is 2.86. The van der Waals surface area contributed by atoms with Gasteiger partial charge in [0.05, 0.1) is 18.3 Å². The van der Waals surface area contributed by atoms with Crippen LogP contribution in [-0.4, -0.2) is 39.6 Å². The van der Waals surface area contributed by atoms with Gasteiger partial charge in [-0.1, -0.05) is 12.5 Å². The van der Waals surface area contributed by atoms with Gasteiger partial charge in [-0.3, -0.25) is 15.0 Å². The maximum absolute atomic E-state index is 4.64. The summed E-state index contributed by atoms with van der Waals surface area (Å²) in [4.78, 5) is 13.2. The molecule has 2 aliphatic carbocycles. The predicted octanol–water partition coefficient (Wildman–Crippen LogP) is 1.87. The maximum atomic E-state index is 4.64. The van der Waals surface area contributed by atoms with Crippen molar-refractivity contribution >= 4 is 12.1 Å². The van der Waals surface area contributed by atoms with Crippen LogP contribution in [0.3, 0.4) is 0 Å². The van der Waals surface area contributed by atoms with E-state index in [0.29, 0.717) is 18.5 Å². The molecule has 5 rings (SSSR count). The zero-order valence-electron chi connectivity index (χ0n) is 13.5. The summed E-state index contributed by atoms with van der Waals surface area (Å²) < 4.78 is 0. The molecule has 1 saturated carbocycles. The summed E-state index contributed by atoms with van der Waals surface area (Å²) in [5.74, 6) is 1.98. The molecule has 1 fully saturated rings. The van der Waals surface area contributed by atoms with Crippen molar-refractivity contribution in [3.63, 3.8) is 0 Å². The number of amidine groups is 1. The summed E-state index contributed by atoms with van der Waals surface area (Å²) in [7, 11) is 0. The second kappa shape index (κ2) is 5.54. The Balaban J connectivity index is 1.28. The number of fused-ring (bicyclic) bond motifs is 2. The van der Waals surface area contributed by atoms with Gasteiger partial charge in [-0.05, 0) is 30.9 Å². The number of aliphatic imine (C=N–C) groups is 1. The first-order valence-electron chi connectivity index (χ1n) is 8.69. The minimum Gasteiger partial charge on any atom is -0.339 e. The summed E-state index contributed by atoms with van der Waals surface area (Å²) in [6.07, 6.45) is 16.2. The molecule has 2 atom stereocenters. The molecule has 0 bridgehead atoms. The number of rotatable bonds is 3. The van der Waals surface area contributed by atoms with Crippen LogP contribution in [0, 0.1) is 11.8 Å². The number of hydrogen-bond donors (Lipinski definition) is 1. The van der Waals surface area contributed by atoms with E-state index in [0.717, 1.165) is 35.4 Å². The fraction of sp³-hybridized carbons (Fsp3) is 0.444. The molecule has 0 spiro atoms. The topological polar surface area (TPSA) is 65.8 Å². The quantitative estimate of drug-likeness (QED) is 0.923. The van der Waals surface area contributed by atoms with Crippen LogP contribution in [-0.2, 0) is 6.54 Å². The van der Waals surface area contributed by atoms with Crippen molar-refractivity contribution in [1.29, 1.82) is 0 Å². The number of nitrogens with one attached hydrogen (secondary N) is 1. The molecular formula is C18H20N6. The number of hydrogen-bond acceptors (Lipinski definition) is 6. The molecule has 122 valence electrons. The van der Waals surface area contributed by atoms with Crippen LogP contribution in [0.25, 0.3) is 0 Å². The van der Waals surface area contributed by atoms with Crippen molar-refractivity contribution in [3.05, 3.63) is 47.7 Å².